The average Bonchev–Trinajstić information content (AvgIpc) is 3.03. The van der Waals surface area contributed by atoms with Crippen LogP contribution in [0.4, 0.5) is 0 Å². The maximum atomic E-state index is 12.2. The highest BCUT2D eigenvalue weighted by atomic mass is 32.2. The van der Waals surface area contributed by atoms with Gasteiger partial charge >= 0.3 is 0 Å². The first kappa shape index (κ1) is 18.9. The summed E-state index contributed by atoms with van der Waals surface area (Å²) in [5.41, 5.74) is 2.86. The van der Waals surface area contributed by atoms with Gasteiger partial charge in [-0.1, -0.05) is 30.0 Å². The van der Waals surface area contributed by atoms with Crippen molar-refractivity contribution in [3.63, 3.8) is 0 Å². The molecule has 0 unspecified atom stereocenters. The molecule has 0 radical (unpaired) electrons. The topological polar surface area (TPSA) is 81.9 Å². The number of aromatic nitrogens is 4. The summed E-state index contributed by atoms with van der Waals surface area (Å²) < 4.78 is 7.06. The molecule has 3 rings (SSSR count). The van der Waals surface area contributed by atoms with Gasteiger partial charge in [0.25, 0.3) is 0 Å². The predicted octanol–water partition coefficient (Wildman–Crippen LogP) is 2.70. The van der Waals surface area contributed by atoms with Crippen LogP contribution >= 0.6 is 11.8 Å². The number of carbonyl (C=O) groups is 1. The van der Waals surface area contributed by atoms with Crippen molar-refractivity contribution < 1.29 is 9.53 Å². The molecule has 7 nitrogen and oxygen atoms in total. The Bertz CT molecular complexity index is 941. The second-order valence-electron chi connectivity index (χ2n) is 5.93. The Hall–Kier alpha value is -2.87. The molecule has 0 spiro atoms. The third kappa shape index (κ3) is 4.85. The van der Waals surface area contributed by atoms with Crippen LogP contribution in [0, 0.1) is 13.8 Å². The van der Waals surface area contributed by atoms with Crippen LogP contribution in [0.5, 0.6) is 5.75 Å². The SMILES string of the molecule is COc1ccccc1CNC(=O)CSc1cc(-n2nc(C)cc2C)ncn1. The minimum absolute atomic E-state index is 0.0721. The van der Waals surface area contributed by atoms with Gasteiger partial charge in [-0.3, -0.25) is 4.79 Å². The van der Waals surface area contributed by atoms with Gasteiger partial charge in [0.1, 0.15) is 17.1 Å². The fourth-order valence-corrected chi connectivity index (χ4v) is 3.31. The van der Waals surface area contributed by atoms with Crippen LogP contribution in [-0.2, 0) is 11.3 Å². The van der Waals surface area contributed by atoms with Crippen LogP contribution in [-0.4, -0.2) is 38.5 Å². The molecule has 27 heavy (non-hydrogen) atoms. The Balaban J connectivity index is 1.58. The number of thioether (sulfide) groups is 1. The summed E-state index contributed by atoms with van der Waals surface area (Å²) >= 11 is 1.36. The highest BCUT2D eigenvalue weighted by Crippen LogP contribution is 2.19. The fourth-order valence-electron chi connectivity index (χ4n) is 2.62. The highest BCUT2D eigenvalue weighted by Gasteiger charge is 2.09. The molecule has 1 N–H and O–H groups in total. The molecule has 0 saturated carbocycles. The first-order valence-corrected chi connectivity index (χ1v) is 9.42. The monoisotopic (exact) mass is 383 g/mol. The number of nitrogens with one attached hydrogen (secondary N) is 1. The minimum atomic E-state index is -0.0721. The van der Waals surface area contributed by atoms with Gasteiger partial charge in [0.05, 0.1) is 18.6 Å². The number of aryl methyl sites for hydroxylation is 2. The normalized spacial score (nSPS) is 10.6. The maximum absolute atomic E-state index is 12.2. The van der Waals surface area contributed by atoms with Crippen molar-refractivity contribution in [3.8, 4) is 11.6 Å². The average molecular weight is 383 g/mol. The Morgan fingerprint density at radius 3 is 2.78 bits per heavy atom. The van der Waals surface area contributed by atoms with E-state index in [1.807, 2.05) is 50.2 Å². The molecule has 0 fully saturated rings. The number of hydrogen-bond donors (Lipinski definition) is 1. The summed E-state index contributed by atoms with van der Waals surface area (Å²) in [7, 11) is 1.62. The zero-order valence-corrected chi connectivity index (χ0v) is 16.3. The lowest BCUT2D eigenvalue weighted by atomic mass is 10.2. The number of carbonyl (C=O) groups excluding carboxylic acids is 1. The Kier molecular flexibility index (Phi) is 6.08. The molecule has 140 valence electrons. The number of benzene rings is 1. The Morgan fingerprint density at radius 1 is 1.22 bits per heavy atom. The van der Waals surface area contributed by atoms with Gasteiger partial charge in [0.2, 0.25) is 5.91 Å². The van der Waals surface area contributed by atoms with Crippen LogP contribution in [0.15, 0.2) is 47.8 Å². The van der Waals surface area contributed by atoms with Gasteiger partial charge in [-0.2, -0.15) is 5.10 Å². The van der Waals surface area contributed by atoms with Gasteiger partial charge in [0.15, 0.2) is 5.82 Å². The van der Waals surface area contributed by atoms with Crippen molar-refractivity contribution in [1.29, 1.82) is 0 Å². The van der Waals surface area contributed by atoms with E-state index in [0.29, 0.717) is 12.4 Å². The molecule has 1 amide bonds. The molecule has 3 aromatic rings. The van der Waals surface area contributed by atoms with E-state index in [1.54, 1.807) is 11.8 Å². The number of hydrogen-bond acceptors (Lipinski definition) is 6. The smallest absolute Gasteiger partial charge is 0.230 e. The zero-order valence-electron chi connectivity index (χ0n) is 15.5. The minimum Gasteiger partial charge on any atom is -0.496 e. The standard InChI is InChI=1S/C19H21N5O2S/c1-13-8-14(2)24(23-13)17-9-19(22-12-21-17)27-11-18(25)20-10-15-6-4-5-7-16(15)26-3/h4-9,12H,10-11H2,1-3H3,(H,20,25). The van der Waals surface area contributed by atoms with E-state index < -0.39 is 0 Å². The van der Waals surface area contributed by atoms with Gasteiger partial charge in [0, 0.05) is 23.9 Å². The van der Waals surface area contributed by atoms with Crippen LogP contribution in [0.2, 0.25) is 0 Å². The molecular weight excluding hydrogens is 362 g/mol. The van der Waals surface area contributed by atoms with Crippen LogP contribution in [0.1, 0.15) is 17.0 Å². The number of rotatable bonds is 7. The molecule has 2 heterocycles. The van der Waals surface area contributed by atoms with Gasteiger partial charge in [-0.05, 0) is 26.0 Å². The molecule has 0 aliphatic heterocycles. The molecule has 1 aromatic carbocycles. The van der Waals surface area contributed by atoms with Crippen molar-refractivity contribution in [2.45, 2.75) is 25.4 Å². The van der Waals surface area contributed by atoms with Gasteiger partial charge in [-0.25, -0.2) is 14.6 Å². The third-order valence-electron chi connectivity index (χ3n) is 3.87. The number of methoxy groups -OCH3 is 1. The molecule has 8 heteroatoms. The third-order valence-corrected chi connectivity index (χ3v) is 4.80. The molecule has 0 saturated heterocycles. The van der Waals surface area contributed by atoms with E-state index in [1.165, 1.54) is 18.1 Å². The predicted molar refractivity (Wildman–Crippen MR) is 104 cm³/mol. The quantitative estimate of drug-likeness (QED) is 0.499. The van der Waals surface area contributed by atoms with Crippen molar-refractivity contribution in [1.82, 2.24) is 25.1 Å². The summed E-state index contributed by atoms with van der Waals surface area (Å²) in [6.07, 6.45) is 1.49. The number of nitrogens with zero attached hydrogens (tertiary/aromatic N) is 4. The van der Waals surface area contributed by atoms with E-state index in [0.717, 1.165) is 27.7 Å². The first-order chi connectivity index (χ1) is 13.1. The molecule has 0 aliphatic carbocycles. The summed E-state index contributed by atoms with van der Waals surface area (Å²) in [6.45, 7) is 4.33. The van der Waals surface area contributed by atoms with Gasteiger partial charge < -0.3 is 10.1 Å². The van der Waals surface area contributed by atoms with Crippen molar-refractivity contribution in [2.24, 2.45) is 0 Å². The van der Waals surface area contributed by atoms with Crippen molar-refractivity contribution >= 4 is 17.7 Å². The van der Waals surface area contributed by atoms with E-state index in [4.69, 9.17) is 4.74 Å². The van der Waals surface area contributed by atoms with E-state index in [9.17, 15) is 4.79 Å². The lowest BCUT2D eigenvalue weighted by molar-refractivity contribution is -0.118. The summed E-state index contributed by atoms with van der Waals surface area (Å²) in [5.74, 6) is 1.64. The summed E-state index contributed by atoms with van der Waals surface area (Å²) in [4.78, 5) is 20.7. The van der Waals surface area contributed by atoms with E-state index >= 15 is 0 Å². The summed E-state index contributed by atoms with van der Waals surface area (Å²) in [6, 6.07) is 11.4. The maximum Gasteiger partial charge on any atom is 0.230 e. The second-order valence-corrected chi connectivity index (χ2v) is 6.93. The molecule has 0 atom stereocenters. The molecule has 2 aromatic heterocycles. The largest absolute Gasteiger partial charge is 0.496 e. The van der Waals surface area contributed by atoms with E-state index in [-0.39, 0.29) is 11.7 Å². The van der Waals surface area contributed by atoms with E-state index in [2.05, 4.69) is 20.4 Å². The zero-order chi connectivity index (χ0) is 19.2. The lowest BCUT2D eigenvalue weighted by Crippen LogP contribution is -2.24. The molecular formula is C19H21N5O2S. The fraction of sp³-hybridized carbons (Fsp3) is 0.263. The Morgan fingerprint density at radius 2 is 2.04 bits per heavy atom. The molecule has 0 bridgehead atoms. The van der Waals surface area contributed by atoms with Gasteiger partial charge in [-0.15, -0.1) is 0 Å². The van der Waals surface area contributed by atoms with Crippen molar-refractivity contribution in [3.05, 3.63) is 59.7 Å². The molecule has 0 aliphatic rings. The number of para-hydroxylation sites is 1. The van der Waals surface area contributed by atoms with Crippen LogP contribution in [0.3, 0.4) is 0 Å². The van der Waals surface area contributed by atoms with Crippen molar-refractivity contribution in [2.75, 3.05) is 12.9 Å². The first-order valence-electron chi connectivity index (χ1n) is 8.44. The number of ether oxygens (including phenoxy) is 1. The Labute approximate surface area is 162 Å². The van der Waals surface area contributed by atoms with Crippen LogP contribution in [0.25, 0.3) is 5.82 Å². The summed E-state index contributed by atoms with van der Waals surface area (Å²) in [5, 5.41) is 8.05. The lowest BCUT2D eigenvalue weighted by Gasteiger charge is -2.09. The highest BCUT2D eigenvalue weighted by molar-refractivity contribution is 7.99. The second kappa shape index (κ2) is 8.68. The number of amides is 1. The van der Waals surface area contributed by atoms with Crippen LogP contribution < -0.4 is 10.1 Å².